The number of benzene rings is 2. The Bertz CT molecular complexity index is 1090. The summed E-state index contributed by atoms with van der Waals surface area (Å²) < 4.78 is 27.3. The average Bonchev–Trinajstić information content (AvgIpc) is 3.30. The molecular weight excluding hydrogens is 432 g/mol. The van der Waals surface area contributed by atoms with E-state index < -0.39 is 10.0 Å². The van der Waals surface area contributed by atoms with Crippen LogP contribution in [0.25, 0.3) is 0 Å². The number of carbonyl (C=O) groups excluding carboxylic acids is 1. The first kappa shape index (κ1) is 22.8. The zero-order valence-electron chi connectivity index (χ0n) is 17.6. The summed E-state index contributed by atoms with van der Waals surface area (Å²) in [5.74, 6) is -0.380. The van der Waals surface area contributed by atoms with E-state index in [1.54, 1.807) is 23.6 Å². The molecule has 0 fully saturated rings. The van der Waals surface area contributed by atoms with E-state index in [1.165, 1.54) is 35.2 Å². The van der Waals surface area contributed by atoms with Gasteiger partial charge in [-0.25, -0.2) is 17.7 Å². The van der Waals surface area contributed by atoms with Gasteiger partial charge in [-0.1, -0.05) is 30.3 Å². The number of sulfonamides is 1. The topological polar surface area (TPSA) is 82.6 Å². The van der Waals surface area contributed by atoms with Gasteiger partial charge in [-0.15, -0.1) is 11.3 Å². The standard InChI is InChI=1S/C22H26N4O3S2/c1-3-25(19-9-7-8-18(2)16-19)14-12-23-21(27)17-26(22-24-13-15-30-22)31(28,29)20-10-5-4-6-11-20/h4-11,13,15-16H,3,12,14,17H2,1-2H3,(H,23,27). The van der Waals surface area contributed by atoms with Crippen molar-refractivity contribution in [1.82, 2.24) is 10.3 Å². The first-order chi connectivity index (χ1) is 14.9. The van der Waals surface area contributed by atoms with Crippen molar-refractivity contribution in [3.63, 3.8) is 0 Å². The van der Waals surface area contributed by atoms with Crippen molar-refractivity contribution in [2.24, 2.45) is 0 Å². The number of hydrogen-bond acceptors (Lipinski definition) is 6. The second kappa shape index (κ2) is 10.4. The molecule has 1 N–H and O–H groups in total. The molecule has 3 aromatic rings. The minimum atomic E-state index is -3.90. The molecule has 0 aliphatic carbocycles. The van der Waals surface area contributed by atoms with Gasteiger partial charge < -0.3 is 10.2 Å². The summed E-state index contributed by atoms with van der Waals surface area (Å²) in [6, 6.07) is 16.2. The van der Waals surface area contributed by atoms with Crippen LogP contribution in [-0.4, -0.2) is 45.5 Å². The normalized spacial score (nSPS) is 11.2. The summed E-state index contributed by atoms with van der Waals surface area (Å²) in [7, 11) is -3.90. The van der Waals surface area contributed by atoms with E-state index in [2.05, 4.69) is 28.2 Å². The molecule has 0 bridgehead atoms. The van der Waals surface area contributed by atoms with Crippen molar-refractivity contribution in [2.75, 3.05) is 35.4 Å². The molecule has 31 heavy (non-hydrogen) atoms. The highest BCUT2D eigenvalue weighted by atomic mass is 32.2. The van der Waals surface area contributed by atoms with Crippen LogP contribution in [0.4, 0.5) is 10.8 Å². The molecule has 0 spiro atoms. The third-order valence-electron chi connectivity index (χ3n) is 4.70. The van der Waals surface area contributed by atoms with E-state index >= 15 is 0 Å². The lowest BCUT2D eigenvalue weighted by Crippen LogP contribution is -2.43. The lowest BCUT2D eigenvalue weighted by atomic mass is 10.2. The number of carbonyl (C=O) groups is 1. The zero-order valence-corrected chi connectivity index (χ0v) is 19.2. The number of hydrogen-bond donors (Lipinski definition) is 1. The zero-order chi connectivity index (χ0) is 22.3. The molecule has 0 saturated carbocycles. The largest absolute Gasteiger partial charge is 0.370 e. The Labute approximate surface area is 187 Å². The van der Waals surface area contributed by atoms with Gasteiger partial charge in [0, 0.05) is 36.9 Å². The smallest absolute Gasteiger partial charge is 0.266 e. The van der Waals surface area contributed by atoms with E-state index in [1.807, 2.05) is 25.1 Å². The molecule has 0 radical (unpaired) electrons. The number of nitrogens with one attached hydrogen (secondary N) is 1. The van der Waals surface area contributed by atoms with Crippen molar-refractivity contribution >= 4 is 38.1 Å². The number of thiazole rings is 1. The monoisotopic (exact) mass is 458 g/mol. The number of nitrogens with zero attached hydrogens (tertiary/aromatic N) is 3. The average molecular weight is 459 g/mol. The fraction of sp³-hybridized carbons (Fsp3) is 0.273. The molecule has 9 heteroatoms. The highest BCUT2D eigenvalue weighted by molar-refractivity contribution is 7.93. The van der Waals surface area contributed by atoms with E-state index in [0.29, 0.717) is 13.1 Å². The molecule has 2 aromatic carbocycles. The van der Waals surface area contributed by atoms with Crippen molar-refractivity contribution in [3.8, 4) is 0 Å². The van der Waals surface area contributed by atoms with Gasteiger partial charge in [0.15, 0.2) is 5.13 Å². The summed E-state index contributed by atoms with van der Waals surface area (Å²) >= 11 is 1.17. The quantitative estimate of drug-likeness (QED) is 0.504. The van der Waals surface area contributed by atoms with Crippen LogP contribution in [0.5, 0.6) is 0 Å². The summed E-state index contributed by atoms with van der Waals surface area (Å²) in [5, 5.41) is 4.78. The van der Waals surface area contributed by atoms with Gasteiger partial charge in [0.25, 0.3) is 10.0 Å². The molecule has 0 atom stereocenters. The second-order valence-electron chi connectivity index (χ2n) is 6.91. The van der Waals surface area contributed by atoms with Gasteiger partial charge >= 0.3 is 0 Å². The Hall–Kier alpha value is -2.91. The molecule has 1 aromatic heterocycles. The van der Waals surface area contributed by atoms with Crippen LogP contribution in [-0.2, 0) is 14.8 Å². The van der Waals surface area contributed by atoms with Gasteiger partial charge in [-0.3, -0.25) is 4.79 Å². The molecule has 0 aliphatic rings. The molecule has 0 unspecified atom stereocenters. The fourth-order valence-corrected chi connectivity index (χ4v) is 5.39. The molecular formula is C22H26N4O3S2. The number of aromatic nitrogens is 1. The maximum atomic E-state index is 13.1. The van der Waals surface area contributed by atoms with E-state index in [4.69, 9.17) is 0 Å². The van der Waals surface area contributed by atoms with Gasteiger partial charge in [0.1, 0.15) is 6.54 Å². The van der Waals surface area contributed by atoms with Gasteiger partial charge in [-0.2, -0.15) is 0 Å². The lowest BCUT2D eigenvalue weighted by Gasteiger charge is -2.24. The van der Waals surface area contributed by atoms with Crippen LogP contribution in [0.15, 0.2) is 71.1 Å². The van der Waals surface area contributed by atoms with E-state index in [0.717, 1.165) is 16.5 Å². The maximum absolute atomic E-state index is 13.1. The van der Waals surface area contributed by atoms with Crippen LogP contribution in [0.2, 0.25) is 0 Å². The molecule has 164 valence electrons. The molecule has 0 aliphatic heterocycles. The Morgan fingerprint density at radius 3 is 2.55 bits per heavy atom. The van der Waals surface area contributed by atoms with Crippen molar-refractivity contribution in [3.05, 3.63) is 71.7 Å². The van der Waals surface area contributed by atoms with Crippen LogP contribution < -0.4 is 14.5 Å². The first-order valence-corrected chi connectivity index (χ1v) is 12.3. The maximum Gasteiger partial charge on any atom is 0.266 e. The van der Waals surface area contributed by atoms with Gasteiger partial charge in [-0.05, 0) is 43.7 Å². The van der Waals surface area contributed by atoms with E-state index in [-0.39, 0.29) is 22.5 Å². The second-order valence-corrected chi connectivity index (χ2v) is 9.64. The third-order valence-corrected chi connectivity index (χ3v) is 7.36. The number of rotatable bonds is 10. The Morgan fingerprint density at radius 1 is 1.13 bits per heavy atom. The lowest BCUT2D eigenvalue weighted by molar-refractivity contribution is -0.119. The molecule has 0 saturated heterocycles. The van der Waals surface area contributed by atoms with Crippen LogP contribution in [0, 0.1) is 6.92 Å². The van der Waals surface area contributed by atoms with Crippen molar-refractivity contribution < 1.29 is 13.2 Å². The number of likely N-dealkylation sites (N-methyl/N-ethyl adjacent to an activating group) is 1. The number of aryl methyl sites for hydroxylation is 1. The van der Waals surface area contributed by atoms with Crippen molar-refractivity contribution in [2.45, 2.75) is 18.7 Å². The first-order valence-electron chi connectivity index (χ1n) is 9.97. The van der Waals surface area contributed by atoms with Gasteiger partial charge in [0.2, 0.25) is 5.91 Å². The summed E-state index contributed by atoms with van der Waals surface area (Å²) in [6.45, 7) is 5.58. The van der Waals surface area contributed by atoms with Crippen LogP contribution >= 0.6 is 11.3 Å². The SMILES string of the molecule is CCN(CCNC(=O)CN(c1nccs1)S(=O)(=O)c1ccccc1)c1cccc(C)c1. The molecule has 7 nitrogen and oxygen atoms in total. The van der Waals surface area contributed by atoms with Crippen LogP contribution in [0.1, 0.15) is 12.5 Å². The predicted molar refractivity (Wildman–Crippen MR) is 125 cm³/mol. The number of anilines is 2. The Balaban J connectivity index is 1.66. The number of amides is 1. The predicted octanol–water partition coefficient (Wildman–Crippen LogP) is 3.29. The Kier molecular flexibility index (Phi) is 7.64. The molecule has 1 amide bonds. The summed E-state index contributed by atoms with van der Waals surface area (Å²) in [5.41, 5.74) is 2.26. The highest BCUT2D eigenvalue weighted by Gasteiger charge is 2.28. The third kappa shape index (κ3) is 5.83. The van der Waals surface area contributed by atoms with Gasteiger partial charge in [0.05, 0.1) is 4.90 Å². The summed E-state index contributed by atoms with van der Waals surface area (Å²) in [4.78, 5) is 19.0. The Morgan fingerprint density at radius 2 is 1.90 bits per heavy atom. The molecule has 3 rings (SSSR count). The van der Waals surface area contributed by atoms with Crippen LogP contribution in [0.3, 0.4) is 0 Å². The summed E-state index contributed by atoms with van der Waals surface area (Å²) in [6.07, 6.45) is 1.52. The van der Waals surface area contributed by atoms with Crippen molar-refractivity contribution in [1.29, 1.82) is 0 Å². The fourth-order valence-electron chi connectivity index (χ4n) is 3.13. The molecule has 1 heterocycles. The highest BCUT2D eigenvalue weighted by Crippen LogP contribution is 2.25. The minimum absolute atomic E-state index is 0.120. The van der Waals surface area contributed by atoms with E-state index in [9.17, 15) is 13.2 Å². The minimum Gasteiger partial charge on any atom is -0.370 e.